The van der Waals surface area contributed by atoms with Gasteiger partial charge in [0.2, 0.25) is 0 Å². The molecule has 0 amide bonds. The molecule has 7 heteroatoms. The predicted octanol–water partition coefficient (Wildman–Crippen LogP) is -0.586. The van der Waals surface area contributed by atoms with Crippen LogP contribution >= 0.6 is 7.82 Å². The highest BCUT2D eigenvalue weighted by atomic mass is 31.2. The van der Waals surface area contributed by atoms with E-state index in [1.165, 1.54) is 0 Å². The molecule has 90 valence electrons. The zero-order valence-electron chi connectivity index (χ0n) is 9.25. The highest BCUT2D eigenvalue weighted by Crippen LogP contribution is 2.34. The van der Waals surface area contributed by atoms with E-state index in [2.05, 4.69) is 32.1 Å². The molecule has 0 aromatic heterocycles. The Morgan fingerprint density at radius 3 is 1.93 bits per heavy atom. The van der Waals surface area contributed by atoms with Crippen molar-refractivity contribution >= 4 is 7.82 Å². The Kier molecular flexibility index (Phi) is 8.87. The first-order chi connectivity index (χ1) is 6.62. The third-order valence-corrected chi connectivity index (χ3v) is 1.55. The van der Waals surface area contributed by atoms with Crippen molar-refractivity contribution in [2.75, 3.05) is 40.9 Å². The molecule has 0 radical (unpaired) electrons. The number of terminal acetylenes is 1. The van der Waals surface area contributed by atoms with Crippen molar-refractivity contribution in [3.05, 3.63) is 0 Å². The third-order valence-electron chi connectivity index (χ3n) is 1.09. The lowest BCUT2D eigenvalue weighted by Gasteiger charge is -2.21. The summed E-state index contributed by atoms with van der Waals surface area (Å²) in [6.45, 7) is 0.758. The molecular formula is C8H19NO5P+. The summed E-state index contributed by atoms with van der Waals surface area (Å²) >= 11 is 0. The van der Waals surface area contributed by atoms with Crippen molar-refractivity contribution in [1.82, 2.24) is 0 Å². The Morgan fingerprint density at radius 2 is 1.87 bits per heavy atom. The minimum absolute atomic E-state index is 0.281. The number of quaternary nitrogens is 1. The minimum atomic E-state index is -4.32. The molecule has 0 heterocycles. The van der Waals surface area contributed by atoms with E-state index in [-0.39, 0.29) is 13.2 Å². The lowest BCUT2D eigenvalue weighted by atomic mass is 10.5. The maximum Gasteiger partial charge on any atom is 0.470 e. The first kappa shape index (κ1) is 17.0. The van der Waals surface area contributed by atoms with Crippen LogP contribution in [-0.2, 0) is 9.09 Å². The smallest absolute Gasteiger partial charge is 0.391 e. The van der Waals surface area contributed by atoms with Gasteiger partial charge in [-0.1, -0.05) is 5.92 Å². The second-order valence-corrected chi connectivity index (χ2v) is 4.95. The van der Waals surface area contributed by atoms with E-state index in [1.54, 1.807) is 0 Å². The van der Waals surface area contributed by atoms with Gasteiger partial charge in [-0.15, -0.1) is 6.42 Å². The molecule has 0 rings (SSSR count). The van der Waals surface area contributed by atoms with Crippen LogP contribution in [0.5, 0.6) is 0 Å². The van der Waals surface area contributed by atoms with E-state index in [4.69, 9.17) is 14.9 Å². The molecule has 0 fully saturated rings. The second-order valence-electron chi connectivity index (χ2n) is 3.71. The standard InChI is InChI=1S/C5H14NO.C3H5O4P/c1-6(2,3)4-5-7;1-2-3-7-8(4,5)6/h7H,4-5H2,1-3H3;1H,3H2,(H2,4,5,6)/q+1;. The number of hydrogen-bond donors (Lipinski definition) is 3. The molecule has 0 saturated heterocycles. The number of phosphoric acid groups is 1. The van der Waals surface area contributed by atoms with Gasteiger partial charge in [0, 0.05) is 0 Å². The van der Waals surface area contributed by atoms with Crippen LogP contribution < -0.4 is 0 Å². The zero-order chi connectivity index (χ0) is 12.5. The lowest BCUT2D eigenvalue weighted by molar-refractivity contribution is -0.870. The van der Waals surface area contributed by atoms with E-state index in [0.29, 0.717) is 0 Å². The van der Waals surface area contributed by atoms with Crippen LogP contribution in [0, 0.1) is 12.3 Å². The van der Waals surface area contributed by atoms with E-state index in [0.717, 1.165) is 11.0 Å². The first-order valence-electron chi connectivity index (χ1n) is 4.17. The van der Waals surface area contributed by atoms with E-state index < -0.39 is 7.82 Å². The molecule has 0 aromatic carbocycles. The van der Waals surface area contributed by atoms with Gasteiger partial charge in [-0.3, -0.25) is 4.52 Å². The van der Waals surface area contributed by atoms with Gasteiger partial charge < -0.3 is 19.4 Å². The zero-order valence-corrected chi connectivity index (χ0v) is 10.1. The highest BCUT2D eigenvalue weighted by molar-refractivity contribution is 7.46. The molecular weight excluding hydrogens is 221 g/mol. The summed E-state index contributed by atoms with van der Waals surface area (Å²) in [6.07, 6.45) is 4.62. The van der Waals surface area contributed by atoms with Gasteiger partial charge in [-0.05, 0) is 0 Å². The van der Waals surface area contributed by atoms with Crippen molar-refractivity contribution in [2.24, 2.45) is 0 Å². The molecule has 0 aromatic rings. The number of hydrogen-bond acceptors (Lipinski definition) is 3. The van der Waals surface area contributed by atoms with Crippen molar-refractivity contribution in [3.8, 4) is 12.3 Å². The van der Waals surface area contributed by atoms with Crippen LogP contribution in [0.15, 0.2) is 0 Å². The van der Waals surface area contributed by atoms with E-state index in [1.807, 2.05) is 5.92 Å². The molecule has 0 aliphatic rings. The molecule has 0 unspecified atom stereocenters. The van der Waals surface area contributed by atoms with Crippen LogP contribution in [0.4, 0.5) is 0 Å². The fourth-order valence-electron chi connectivity index (χ4n) is 0.421. The predicted molar refractivity (Wildman–Crippen MR) is 56.8 cm³/mol. The summed E-state index contributed by atoms with van der Waals surface area (Å²) in [5, 5.41) is 8.39. The Balaban J connectivity index is 0. The largest absolute Gasteiger partial charge is 0.470 e. The van der Waals surface area contributed by atoms with Crippen molar-refractivity contribution in [3.63, 3.8) is 0 Å². The summed E-state index contributed by atoms with van der Waals surface area (Å²) in [4.78, 5) is 15.9. The second kappa shape index (κ2) is 7.83. The Morgan fingerprint density at radius 1 is 1.40 bits per heavy atom. The highest BCUT2D eigenvalue weighted by Gasteiger charge is 2.11. The lowest BCUT2D eigenvalue weighted by Crippen LogP contribution is -2.36. The Bertz CT molecular complexity index is 236. The summed E-state index contributed by atoms with van der Waals surface area (Å²) in [6, 6.07) is 0. The number of aliphatic hydroxyl groups is 1. The van der Waals surface area contributed by atoms with Crippen LogP contribution in [-0.4, -0.2) is 60.3 Å². The maximum absolute atomic E-state index is 9.77. The molecule has 15 heavy (non-hydrogen) atoms. The fraction of sp³-hybridized carbons (Fsp3) is 0.750. The SMILES string of the molecule is C#CCOP(=O)(O)O.C[N+](C)(C)CCO. The average molecular weight is 240 g/mol. The van der Waals surface area contributed by atoms with Crippen LogP contribution in [0.1, 0.15) is 0 Å². The molecule has 0 aliphatic carbocycles. The first-order valence-corrected chi connectivity index (χ1v) is 5.70. The number of phosphoric ester groups is 1. The molecule has 0 aliphatic heterocycles. The molecule has 0 bridgehead atoms. The average Bonchev–Trinajstić information content (AvgIpc) is 1.98. The number of likely N-dealkylation sites (N-methyl/N-ethyl adjacent to an activating group) is 1. The normalized spacial score (nSPS) is 11.3. The van der Waals surface area contributed by atoms with E-state index >= 15 is 0 Å². The van der Waals surface area contributed by atoms with Gasteiger partial charge in [0.25, 0.3) is 0 Å². The molecule has 0 saturated carbocycles. The Hall–Kier alpha value is -0.410. The molecule has 0 spiro atoms. The molecule has 3 N–H and O–H groups in total. The fourth-order valence-corrected chi connectivity index (χ4v) is 0.664. The number of rotatable bonds is 4. The van der Waals surface area contributed by atoms with Gasteiger partial charge in [0.15, 0.2) is 0 Å². The Labute approximate surface area is 90.3 Å². The van der Waals surface area contributed by atoms with Gasteiger partial charge in [-0.2, -0.15) is 0 Å². The molecule has 0 atom stereocenters. The van der Waals surface area contributed by atoms with E-state index in [9.17, 15) is 4.57 Å². The minimum Gasteiger partial charge on any atom is -0.391 e. The molecule has 6 nitrogen and oxygen atoms in total. The summed E-state index contributed by atoms with van der Waals surface area (Å²) in [5.41, 5.74) is 0. The number of nitrogens with zero attached hydrogens (tertiary/aromatic N) is 1. The number of aliphatic hydroxyl groups excluding tert-OH is 1. The van der Waals surface area contributed by atoms with Gasteiger partial charge >= 0.3 is 7.82 Å². The van der Waals surface area contributed by atoms with Gasteiger partial charge in [0.1, 0.15) is 13.2 Å². The van der Waals surface area contributed by atoms with Crippen molar-refractivity contribution < 1.29 is 28.5 Å². The quantitative estimate of drug-likeness (QED) is 0.347. The van der Waals surface area contributed by atoms with Crippen LogP contribution in [0.25, 0.3) is 0 Å². The van der Waals surface area contributed by atoms with Crippen molar-refractivity contribution in [1.29, 1.82) is 0 Å². The van der Waals surface area contributed by atoms with Gasteiger partial charge in [-0.25, -0.2) is 4.57 Å². The van der Waals surface area contributed by atoms with Crippen LogP contribution in [0.2, 0.25) is 0 Å². The van der Waals surface area contributed by atoms with Crippen LogP contribution in [0.3, 0.4) is 0 Å². The summed E-state index contributed by atoms with van der Waals surface area (Å²) in [5.74, 6) is 1.91. The van der Waals surface area contributed by atoms with Gasteiger partial charge in [0.05, 0.1) is 27.7 Å². The monoisotopic (exact) mass is 240 g/mol. The topological polar surface area (TPSA) is 87.0 Å². The summed E-state index contributed by atoms with van der Waals surface area (Å²) in [7, 11) is 1.83. The summed E-state index contributed by atoms with van der Waals surface area (Å²) < 4.78 is 14.4. The van der Waals surface area contributed by atoms with Crippen molar-refractivity contribution in [2.45, 2.75) is 0 Å². The third kappa shape index (κ3) is 24.7. The maximum atomic E-state index is 9.77.